The molecule has 3 aromatic carbocycles. The largest absolute Gasteiger partial charge is 0.433 e. The predicted octanol–water partition coefficient (Wildman–Crippen LogP) is 7.86. The Morgan fingerprint density at radius 3 is 1.77 bits per heavy atom. The van der Waals surface area contributed by atoms with Crippen molar-refractivity contribution in [1.29, 1.82) is 0 Å². The zero-order chi connectivity index (χ0) is 28.8. The second kappa shape index (κ2) is 12.7. The predicted molar refractivity (Wildman–Crippen MR) is 144 cm³/mol. The van der Waals surface area contributed by atoms with Crippen LogP contribution in [0.5, 0.6) is 0 Å². The summed E-state index contributed by atoms with van der Waals surface area (Å²) in [7, 11) is 0. The molecule has 4 rings (SSSR count). The summed E-state index contributed by atoms with van der Waals surface area (Å²) in [6.07, 6.45) is -9.24. The van der Waals surface area contributed by atoms with E-state index >= 15 is 0 Å². The number of rotatable bonds is 10. The maximum absolute atomic E-state index is 13.6. The van der Waals surface area contributed by atoms with Gasteiger partial charge in [0, 0.05) is 25.2 Å². The van der Waals surface area contributed by atoms with Gasteiger partial charge in [0.1, 0.15) is 5.69 Å². The second-order valence-corrected chi connectivity index (χ2v) is 9.56. The first-order chi connectivity index (χ1) is 19.0. The van der Waals surface area contributed by atoms with E-state index in [-0.39, 0.29) is 23.2 Å². The van der Waals surface area contributed by atoms with Crippen LogP contribution in [0, 0.1) is 0 Å². The first kappa shape index (κ1) is 29.3. The number of aromatic nitrogens is 1. The van der Waals surface area contributed by atoms with Crippen LogP contribution < -0.4 is 10.6 Å². The van der Waals surface area contributed by atoms with Crippen molar-refractivity contribution >= 4 is 0 Å². The molecule has 4 aromatic rings. The van der Waals surface area contributed by atoms with Crippen LogP contribution in [0.3, 0.4) is 0 Å². The standard InChI is InChI=1S/C31H29F6N3/c1-21(20-38-16-17-39-29(23-8-4-2-5-9-23)24-10-6-3-7-11-24)25-18-27(40-28(19-25)31(35,36)37)22-12-14-26(15-13-22)30(32,33)34/h2-15,18-19,21,29,38-39H,16-17,20H2,1H3. The fourth-order valence-electron chi connectivity index (χ4n) is 4.42. The van der Waals surface area contributed by atoms with E-state index in [9.17, 15) is 26.3 Å². The lowest BCUT2D eigenvalue weighted by atomic mass is 9.97. The van der Waals surface area contributed by atoms with E-state index in [1.807, 2.05) is 36.4 Å². The molecule has 1 heterocycles. The van der Waals surface area contributed by atoms with Gasteiger partial charge in [-0.15, -0.1) is 0 Å². The Balaban J connectivity index is 1.42. The molecule has 1 aromatic heterocycles. The number of pyridine rings is 1. The van der Waals surface area contributed by atoms with Crippen LogP contribution in [0.2, 0.25) is 0 Å². The van der Waals surface area contributed by atoms with Crippen molar-refractivity contribution < 1.29 is 26.3 Å². The van der Waals surface area contributed by atoms with Gasteiger partial charge < -0.3 is 10.6 Å². The zero-order valence-electron chi connectivity index (χ0n) is 21.7. The lowest BCUT2D eigenvalue weighted by Gasteiger charge is -2.21. The lowest BCUT2D eigenvalue weighted by molar-refractivity contribution is -0.141. The summed E-state index contributed by atoms with van der Waals surface area (Å²) in [5, 5.41) is 6.83. The topological polar surface area (TPSA) is 37.0 Å². The van der Waals surface area contributed by atoms with E-state index in [1.165, 1.54) is 6.07 Å². The quantitative estimate of drug-likeness (QED) is 0.154. The Morgan fingerprint density at radius 1 is 0.675 bits per heavy atom. The molecular formula is C31H29F6N3. The van der Waals surface area contributed by atoms with E-state index in [1.54, 1.807) is 6.92 Å². The fourth-order valence-corrected chi connectivity index (χ4v) is 4.42. The minimum atomic E-state index is -4.70. The second-order valence-electron chi connectivity index (χ2n) is 9.56. The third-order valence-electron chi connectivity index (χ3n) is 6.58. The minimum Gasteiger partial charge on any atom is -0.315 e. The summed E-state index contributed by atoms with van der Waals surface area (Å²) in [6, 6.07) is 26.5. The molecular weight excluding hydrogens is 528 g/mol. The van der Waals surface area contributed by atoms with Crippen LogP contribution in [0.25, 0.3) is 11.3 Å². The highest BCUT2D eigenvalue weighted by Gasteiger charge is 2.34. The number of benzene rings is 3. The molecule has 0 saturated heterocycles. The molecule has 0 bridgehead atoms. The molecule has 9 heteroatoms. The van der Waals surface area contributed by atoms with Gasteiger partial charge in [0.05, 0.1) is 17.3 Å². The molecule has 0 amide bonds. The molecule has 0 aliphatic rings. The van der Waals surface area contributed by atoms with Crippen molar-refractivity contribution in [3.63, 3.8) is 0 Å². The molecule has 40 heavy (non-hydrogen) atoms. The molecule has 0 radical (unpaired) electrons. The number of hydrogen-bond acceptors (Lipinski definition) is 3. The Morgan fingerprint density at radius 2 is 1.25 bits per heavy atom. The van der Waals surface area contributed by atoms with Crippen LogP contribution in [-0.2, 0) is 12.4 Å². The Bertz CT molecular complexity index is 1310. The van der Waals surface area contributed by atoms with Gasteiger partial charge >= 0.3 is 12.4 Å². The van der Waals surface area contributed by atoms with Crippen molar-refractivity contribution in [3.05, 3.63) is 125 Å². The Hall–Kier alpha value is -3.69. The third kappa shape index (κ3) is 7.70. The average Bonchev–Trinajstić information content (AvgIpc) is 2.94. The van der Waals surface area contributed by atoms with Crippen LogP contribution in [0.15, 0.2) is 97.1 Å². The van der Waals surface area contributed by atoms with Gasteiger partial charge in [-0.1, -0.05) is 79.7 Å². The minimum absolute atomic E-state index is 0.0116. The van der Waals surface area contributed by atoms with Gasteiger partial charge in [0.15, 0.2) is 0 Å². The van der Waals surface area contributed by atoms with Crippen molar-refractivity contribution in [2.75, 3.05) is 19.6 Å². The van der Waals surface area contributed by atoms with Gasteiger partial charge in [-0.2, -0.15) is 26.3 Å². The Labute approximate surface area is 229 Å². The summed E-state index contributed by atoms with van der Waals surface area (Å²) in [5.74, 6) is -0.309. The number of alkyl halides is 6. The van der Waals surface area contributed by atoms with Gasteiger partial charge in [0.2, 0.25) is 0 Å². The molecule has 3 nitrogen and oxygen atoms in total. The molecule has 0 fully saturated rings. The summed E-state index contributed by atoms with van der Waals surface area (Å²) in [5.41, 5.74) is 0.823. The molecule has 1 unspecified atom stereocenters. The van der Waals surface area contributed by atoms with Crippen LogP contribution in [0.4, 0.5) is 26.3 Å². The highest BCUT2D eigenvalue weighted by atomic mass is 19.4. The number of nitrogens with one attached hydrogen (secondary N) is 2. The zero-order valence-corrected chi connectivity index (χ0v) is 21.7. The lowest BCUT2D eigenvalue weighted by Crippen LogP contribution is -2.32. The monoisotopic (exact) mass is 557 g/mol. The molecule has 1 atom stereocenters. The van der Waals surface area contributed by atoms with Crippen molar-refractivity contribution in [3.8, 4) is 11.3 Å². The maximum atomic E-state index is 13.6. The molecule has 0 saturated carbocycles. The van der Waals surface area contributed by atoms with Gasteiger partial charge in [0.25, 0.3) is 0 Å². The summed E-state index contributed by atoms with van der Waals surface area (Å²) < 4.78 is 79.6. The maximum Gasteiger partial charge on any atom is 0.433 e. The summed E-state index contributed by atoms with van der Waals surface area (Å²) in [6.45, 7) is 3.38. The van der Waals surface area contributed by atoms with Crippen molar-refractivity contribution in [2.45, 2.75) is 31.2 Å². The summed E-state index contributed by atoms with van der Waals surface area (Å²) in [4.78, 5) is 3.70. The van der Waals surface area contributed by atoms with Crippen LogP contribution in [-0.4, -0.2) is 24.6 Å². The molecule has 210 valence electrons. The van der Waals surface area contributed by atoms with E-state index in [4.69, 9.17) is 0 Å². The van der Waals surface area contributed by atoms with Crippen molar-refractivity contribution in [1.82, 2.24) is 15.6 Å². The molecule has 0 spiro atoms. The van der Waals surface area contributed by atoms with Gasteiger partial charge in [-0.05, 0) is 46.9 Å². The highest BCUT2D eigenvalue weighted by molar-refractivity contribution is 5.61. The Kier molecular flexibility index (Phi) is 9.27. The molecule has 0 aliphatic heterocycles. The van der Waals surface area contributed by atoms with Crippen molar-refractivity contribution in [2.24, 2.45) is 0 Å². The van der Waals surface area contributed by atoms with E-state index < -0.39 is 23.6 Å². The fraction of sp³-hybridized carbons (Fsp3) is 0.258. The van der Waals surface area contributed by atoms with Crippen LogP contribution >= 0.6 is 0 Å². The summed E-state index contributed by atoms with van der Waals surface area (Å²) >= 11 is 0. The normalized spacial score (nSPS) is 13.0. The first-order valence-corrected chi connectivity index (χ1v) is 12.8. The van der Waals surface area contributed by atoms with E-state index in [0.717, 1.165) is 41.5 Å². The molecule has 2 N–H and O–H groups in total. The highest BCUT2D eigenvalue weighted by Crippen LogP contribution is 2.34. The average molecular weight is 558 g/mol. The smallest absolute Gasteiger partial charge is 0.315 e. The van der Waals surface area contributed by atoms with E-state index in [0.29, 0.717) is 25.2 Å². The molecule has 0 aliphatic carbocycles. The van der Waals surface area contributed by atoms with Crippen LogP contribution in [0.1, 0.15) is 46.8 Å². The third-order valence-corrected chi connectivity index (χ3v) is 6.58. The SMILES string of the molecule is CC(CNCCNC(c1ccccc1)c1ccccc1)c1cc(-c2ccc(C(F)(F)F)cc2)nc(C(F)(F)F)c1. The first-order valence-electron chi connectivity index (χ1n) is 12.8. The van der Waals surface area contributed by atoms with E-state index in [2.05, 4.69) is 39.9 Å². The van der Waals surface area contributed by atoms with Gasteiger partial charge in [-0.3, -0.25) is 0 Å². The number of nitrogens with zero attached hydrogens (tertiary/aromatic N) is 1. The van der Waals surface area contributed by atoms with Gasteiger partial charge in [-0.25, -0.2) is 4.98 Å². The number of hydrogen-bond donors (Lipinski definition) is 2. The number of halogens is 6.